The normalized spacial score (nSPS) is 14.4. The van der Waals surface area contributed by atoms with Crippen molar-refractivity contribution < 1.29 is 4.12 Å². The van der Waals surface area contributed by atoms with E-state index in [1.165, 1.54) is 0 Å². The van der Waals surface area contributed by atoms with Crippen molar-refractivity contribution in [3.8, 4) is 0 Å². The molecule has 0 aliphatic carbocycles. The van der Waals surface area contributed by atoms with Crippen LogP contribution < -0.4 is 5.73 Å². The Kier molecular flexibility index (Phi) is 6.42. The SMILES string of the molecule is C[SiH](C)O[Si](C)(C)CCC(N)CN=N. The van der Waals surface area contributed by atoms with Gasteiger partial charge < -0.3 is 9.85 Å². The van der Waals surface area contributed by atoms with E-state index in [1.54, 1.807) is 0 Å². The maximum Gasteiger partial charge on any atom is 0.173 e. The van der Waals surface area contributed by atoms with Gasteiger partial charge in [-0.3, -0.25) is 0 Å². The minimum Gasteiger partial charge on any atom is -0.458 e. The van der Waals surface area contributed by atoms with Gasteiger partial charge in [0.15, 0.2) is 17.4 Å². The van der Waals surface area contributed by atoms with Crippen molar-refractivity contribution in [2.75, 3.05) is 6.54 Å². The smallest absolute Gasteiger partial charge is 0.173 e. The van der Waals surface area contributed by atoms with Crippen LogP contribution in [0, 0.1) is 5.53 Å². The van der Waals surface area contributed by atoms with Crippen LogP contribution in [-0.2, 0) is 4.12 Å². The van der Waals surface area contributed by atoms with Crippen LogP contribution >= 0.6 is 0 Å². The van der Waals surface area contributed by atoms with Crippen LogP contribution in [0.15, 0.2) is 5.11 Å². The first-order valence-electron chi connectivity index (χ1n) is 5.14. The molecular weight excluding hydrogens is 210 g/mol. The second-order valence-electron chi connectivity index (χ2n) is 4.57. The van der Waals surface area contributed by atoms with E-state index in [0.29, 0.717) is 6.54 Å². The Morgan fingerprint density at radius 3 is 2.50 bits per heavy atom. The van der Waals surface area contributed by atoms with E-state index in [9.17, 15) is 0 Å². The monoisotopic (exact) mass is 233 g/mol. The fourth-order valence-corrected chi connectivity index (χ4v) is 8.08. The molecule has 0 aliphatic rings. The third-order valence-corrected chi connectivity index (χ3v) is 7.93. The van der Waals surface area contributed by atoms with Crippen LogP contribution in [0.25, 0.3) is 0 Å². The zero-order valence-electron chi connectivity index (χ0n) is 9.71. The zero-order chi connectivity index (χ0) is 11.2. The molecule has 0 aliphatic heterocycles. The van der Waals surface area contributed by atoms with Crippen molar-refractivity contribution in [2.45, 2.75) is 44.7 Å². The lowest BCUT2D eigenvalue weighted by Crippen LogP contribution is -2.37. The highest BCUT2D eigenvalue weighted by atomic mass is 28.4. The summed E-state index contributed by atoms with van der Waals surface area (Å²) in [6, 6.07) is 1.12. The average Bonchev–Trinajstić information content (AvgIpc) is 1.99. The van der Waals surface area contributed by atoms with Crippen LogP contribution in [0.1, 0.15) is 6.42 Å². The van der Waals surface area contributed by atoms with Crippen LogP contribution in [0.3, 0.4) is 0 Å². The van der Waals surface area contributed by atoms with Gasteiger partial charge in [0, 0.05) is 6.04 Å². The predicted octanol–water partition coefficient (Wildman–Crippen LogP) is 1.94. The average molecular weight is 233 g/mol. The minimum absolute atomic E-state index is 0.0386. The maximum absolute atomic E-state index is 6.71. The van der Waals surface area contributed by atoms with E-state index in [0.717, 1.165) is 12.5 Å². The molecule has 0 spiro atoms. The van der Waals surface area contributed by atoms with Gasteiger partial charge in [0.05, 0.1) is 6.54 Å². The summed E-state index contributed by atoms with van der Waals surface area (Å²) in [6.07, 6.45) is 0.933. The summed E-state index contributed by atoms with van der Waals surface area (Å²) in [5.41, 5.74) is 12.5. The predicted molar refractivity (Wildman–Crippen MR) is 64.9 cm³/mol. The Hall–Kier alpha value is -0.0462. The summed E-state index contributed by atoms with van der Waals surface area (Å²) in [5.74, 6) is 0. The molecule has 0 aromatic rings. The first-order chi connectivity index (χ1) is 6.37. The molecule has 14 heavy (non-hydrogen) atoms. The molecule has 0 heterocycles. The second-order valence-corrected chi connectivity index (χ2v) is 11.6. The Morgan fingerprint density at radius 1 is 1.50 bits per heavy atom. The molecule has 0 aromatic carbocycles. The summed E-state index contributed by atoms with van der Waals surface area (Å²) < 4.78 is 6.01. The number of rotatable bonds is 7. The van der Waals surface area contributed by atoms with Gasteiger partial charge in [0.1, 0.15) is 0 Å². The van der Waals surface area contributed by atoms with Crippen molar-refractivity contribution in [2.24, 2.45) is 10.8 Å². The third-order valence-electron chi connectivity index (χ3n) is 2.00. The molecule has 0 aromatic heterocycles. The molecule has 0 fully saturated rings. The molecule has 0 bridgehead atoms. The van der Waals surface area contributed by atoms with Crippen LogP contribution in [0.2, 0.25) is 32.2 Å². The first kappa shape index (κ1) is 14.0. The van der Waals surface area contributed by atoms with Gasteiger partial charge >= 0.3 is 0 Å². The van der Waals surface area contributed by atoms with Gasteiger partial charge in [-0.1, -0.05) is 0 Å². The summed E-state index contributed by atoms with van der Waals surface area (Å²) in [7, 11) is -2.39. The molecule has 0 amide bonds. The van der Waals surface area contributed by atoms with Gasteiger partial charge in [-0.25, -0.2) is 5.53 Å². The molecular formula is C8H23N3OSi2. The number of hydrogen-bond donors (Lipinski definition) is 2. The molecule has 0 radical (unpaired) electrons. The molecule has 1 atom stereocenters. The molecule has 0 saturated heterocycles. The highest BCUT2D eigenvalue weighted by Gasteiger charge is 2.24. The molecule has 3 N–H and O–H groups in total. The highest BCUT2D eigenvalue weighted by molar-refractivity contribution is 6.77. The molecule has 0 saturated carbocycles. The standard InChI is InChI=1S/C8H23N3OSi2/c1-13(2)12-14(3,4)6-5-8(9)7-11-10/h8,10,13H,5-7,9H2,1-4H3. The van der Waals surface area contributed by atoms with Crippen molar-refractivity contribution in [1.29, 1.82) is 5.53 Å². The summed E-state index contributed by atoms with van der Waals surface area (Å²) in [6.45, 7) is 9.33. The fraction of sp³-hybridized carbons (Fsp3) is 1.00. The molecule has 4 nitrogen and oxygen atoms in total. The summed E-state index contributed by atoms with van der Waals surface area (Å²) in [4.78, 5) is 0. The van der Waals surface area contributed by atoms with E-state index in [4.69, 9.17) is 15.4 Å². The van der Waals surface area contributed by atoms with E-state index >= 15 is 0 Å². The Labute approximate surface area is 89.6 Å². The number of nitrogens with zero attached hydrogens (tertiary/aromatic N) is 1. The van der Waals surface area contributed by atoms with Gasteiger partial charge in [-0.05, 0) is 38.7 Å². The largest absolute Gasteiger partial charge is 0.458 e. The van der Waals surface area contributed by atoms with Crippen LogP contribution in [0.4, 0.5) is 0 Å². The topological polar surface area (TPSA) is 71.5 Å². The lowest BCUT2D eigenvalue weighted by molar-refractivity contribution is 0.549. The van der Waals surface area contributed by atoms with Gasteiger partial charge in [-0.15, -0.1) is 0 Å². The van der Waals surface area contributed by atoms with Crippen molar-refractivity contribution in [1.82, 2.24) is 0 Å². The lowest BCUT2D eigenvalue weighted by Gasteiger charge is -2.26. The van der Waals surface area contributed by atoms with E-state index in [1.807, 2.05) is 0 Å². The Morgan fingerprint density at radius 2 is 2.07 bits per heavy atom. The Bertz CT molecular complexity index is 176. The lowest BCUT2D eigenvalue weighted by atomic mass is 10.2. The van der Waals surface area contributed by atoms with Crippen molar-refractivity contribution >= 4 is 17.4 Å². The maximum atomic E-state index is 6.71. The zero-order valence-corrected chi connectivity index (χ0v) is 11.9. The molecule has 1 unspecified atom stereocenters. The van der Waals surface area contributed by atoms with Crippen LogP contribution in [-0.4, -0.2) is 29.9 Å². The number of nitrogens with one attached hydrogen (secondary N) is 1. The molecule has 6 heteroatoms. The quantitative estimate of drug-likeness (QED) is 0.521. The van der Waals surface area contributed by atoms with Gasteiger partial charge in [0.25, 0.3) is 0 Å². The second kappa shape index (κ2) is 6.44. The summed E-state index contributed by atoms with van der Waals surface area (Å²) in [5, 5.41) is 3.31. The Balaban J connectivity index is 3.79. The number of hydrogen-bond acceptors (Lipinski definition) is 4. The number of nitrogens with two attached hydrogens (primary N) is 1. The van der Waals surface area contributed by atoms with Crippen LogP contribution in [0.5, 0.6) is 0 Å². The summed E-state index contributed by atoms with van der Waals surface area (Å²) >= 11 is 0. The van der Waals surface area contributed by atoms with E-state index in [-0.39, 0.29) is 6.04 Å². The third kappa shape index (κ3) is 7.37. The first-order valence-corrected chi connectivity index (χ1v) is 11.0. The molecule has 84 valence electrons. The fourth-order valence-electron chi connectivity index (χ4n) is 1.44. The van der Waals surface area contributed by atoms with E-state index < -0.39 is 17.4 Å². The highest BCUT2D eigenvalue weighted by Crippen LogP contribution is 2.16. The van der Waals surface area contributed by atoms with Gasteiger partial charge in [0.2, 0.25) is 0 Å². The minimum atomic E-state index is -1.48. The van der Waals surface area contributed by atoms with Crippen molar-refractivity contribution in [3.05, 3.63) is 0 Å². The van der Waals surface area contributed by atoms with E-state index in [2.05, 4.69) is 31.3 Å². The van der Waals surface area contributed by atoms with Gasteiger partial charge in [-0.2, -0.15) is 5.11 Å². The molecule has 0 rings (SSSR count). The van der Waals surface area contributed by atoms with Crippen molar-refractivity contribution in [3.63, 3.8) is 0 Å².